The Morgan fingerprint density at radius 3 is 3.00 bits per heavy atom. The molecule has 0 bridgehead atoms. The molecule has 0 aliphatic heterocycles. The molecule has 86 valence electrons. The Balaban J connectivity index is 2.02. The molecule has 0 aromatic carbocycles. The van der Waals surface area contributed by atoms with E-state index in [1.54, 1.807) is 18.3 Å². The topological polar surface area (TPSA) is 68.0 Å². The average molecular weight is 240 g/mol. The number of rotatable bonds is 2. The van der Waals surface area contributed by atoms with Gasteiger partial charge in [0, 0.05) is 17.9 Å². The van der Waals surface area contributed by atoms with Gasteiger partial charge in [-0.25, -0.2) is 4.98 Å². The molecule has 1 amide bonds. The number of hydrogen-bond acceptors (Lipinski definition) is 3. The molecule has 1 aliphatic carbocycles. The monoisotopic (exact) mass is 239 g/mol. The Labute approximate surface area is 99.2 Å². The Morgan fingerprint density at radius 1 is 1.56 bits per heavy atom. The summed E-state index contributed by atoms with van der Waals surface area (Å²) in [4.78, 5) is 15.7. The molecule has 3 N–H and O–H groups in total. The maximum atomic E-state index is 11.9. The van der Waals surface area contributed by atoms with Crippen LogP contribution in [-0.2, 0) is 4.79 Å². The molecule has 5 heteroatoms. The molecule has 1 aliphatic rings. The average Bonchev–Trinajstić information content (AvgIpc) is 2.64. The van der Waals surface area contributed by atoms with Crippen LogP contribution in [0.3, 0.4) is 0 Å². The normalized spacial score (nSPS) is 24.4. The highest BCUT2D eigenvalue weighted by atomic mass is 35.5. The molecule has 1 aromatic heterocycles. The lowest BCUT2D eigenvalue weighted by molar-refractivity contribution is -0.120. The number of aromatic nitrogens is 1. The number of nitrogens with one attached hydrogen (secondary N) is 1. The zero-order chi connectivity index (χ0) is 11.5. The van der Waals surface area contributed by atoms with E-state index in [2.05, 4.69) is 10.3 Å². The first kappa shape index (κ1) is 11.4. The van der Waals surface area contributed by atoms with Crippen LogP contribution in [0.25, 0.3) is 0 Å². The van der Waals surface area contributed by atoms with E-state index < -0.39 is 0 Å². The molecule has 16 heavy (non-hydrogen) atoms. The standard InChI is InChI=1S/C11H14ClN3O/c12-10-6-7(4-5-14-10)15-11(16)8-2-1-3-9(8)13/h4-6,8-9H,1-3,13H2,(H,14,15,16). The molecule has 4 nitrogen and oxygen atoms in total. The summed E-state index contributed by atoms with van der Waals surface area (Å²) in [5.74, 6) is -0.0980. The van der Waals surface area contributed by atoms with Gasteiger partial charge in [-0.05, 0) is 25.0 Å². The number of nitrogens with two attached hydrogens (primary N) is 1. The minimum atomic E-state index is -0.0769. The second kappa shape index (κ2) is 4.80. The van der Waals surface area contributed by atoms with Gasteiger partial charge in [-0.1, -0.05) is 18.0 Å². The summed E-state index contributed by atoms with van der Waals surface area (Å²) in [5, 5.41) is 3.18. The van der Waals surface area contributed by atoms with E-state index in [1.165, 1.54) is 0 Å². The molecule has 0 radical (unpaired) electrons. The lowest BCUT2D eigenvalue weighted by Gasteiger charge is -2.14. The van der Waals surface area contributed by atoms with Crippen LogP contribution >= 0.6 is 11.6 Å². The lowest BCUT2D eigenvalue weighted by Crippen LogP contribution is -2.34. The third-order valence-electron chi connectivity index (χ3n) is 2.90. The number of anilines is 1. The molecule has 2 rings (SSSR count). The van der Waals surface area contributed by atoms with Crippen LogP contribution in [0.5, 0.6) is 0 Å². The van der Waals surface area contributed by atoms with Crippen molar-refractivity contribution in [3.63, 3.8) is 0 Å². The van der Waals surface area contributed by atoms with Crippen molar-refractivity contribution in [3.8, 4) is 0 Å². The molecule has 0 spiro atoms. The van der Waals surface area contributed by atoms with Gasteiger partial charge in [0.25, 0.3) is 0 Å². The number of carbonyl (C=O) groups excluding carboxylic acids is 1. The molecular formula is C11H14ClN3O. The van der Waals surface area contributed by atoms with E-state index in [-0.39, 0.29) is 17.9 Å². The SMILES string of the molecule is NC1CCCC1C(=O)Nc1ccnc(Cl)c1. The van der Waals surface area contributed by atoms with Gasteiger partial charge in [0.05, 0.1) is 5.92 Å². The van der Waals surface area contributed by atoms with Crippen molar-refractivity contribution in [2.24, 2.45) is 11.7 Å². The lowest BCUT2D eigenvalue weighted by atomic mass is 10.0. The molecule has 0 saturated heterocycles. The van der Waals surface area contributed by atoms with Crippen LogP contribution in [0.4, 0.5) is 5.69 Å². The smallest absolute Gasteiger partial charge is 0.229 e. The highest BCUT2D eigenvalue weighted by molar-refractivity contribution is 6.29. The first-order valence-corrected chi connectivity index (χ1v) is 5.72. The minimum Gasteiger partial charge on any atom is -0.327 e. The number of carbonyl (C=O) groups is 1. The van der Waals surface area contributed by atoms with E-state index in [9.17, 15) is 4.79 Å². The van der Waals surface area contributed by atoms with Gasteiger partial charge in [-0.15, -0.1) is 0 Å². The summed E-state index contributed by atoms with van der Waals surface area (Å²) in [6, 6.07) is 3.32. The largest absolute Gasteiger partial charge is 0.327 e. The summed E-state index contributed by atoms with van der Waals surface area (Å²) >= 11 is 5.73. The molecule has 2 atom stereocenters. The minimum absolute atomic E-state index is 0.0164. The van der Waals surface area contributed by atoms with Gasteiger partial charge in [0.1, 0.15) is 5.15 Å². The zero-order valence-electron chi connectivity index (χ0n) is 8.82. The van der Waals surface area contributed by atoms with Gasteiger partial charge in [-0.3, -0.25) is 4.79 Å². The maximum absolute atomic E-state index is 11.9. The fraction of sp³-hybridized carbons (Fsp3) is 0.455. The second-order valence-electron chi connectivity index (χ2n) is 4.06. The molecule has 1 heterocycles. The van der Waals surface area contributed by atoms with Crippen molar-refractivity contribution in [2.75, 3.05) is 5.32 Å². The van der Waals surface area contributed by atoms with E-state index in [0.29, 0.717) is 10.8 Å². The number of halogens is 1. The van der Waals surface area contributed by atoms with E-state index in [1.807, 2.05) is 0 Å². The predicted octanol–water partition coefficient (Wildman–Crippen LogP) is 1.80. The number of nitrogens with zero attached hydrogens (tertiary/aromatic N) is 1. The fourth-order valence-electron chi connectivity index (χ4n) is 2.03. The Hall–Kier alpha value is -1.13. The fourth-order valence-corrected chi connectivity index (χ4v) is 2.20. The van der Waals surface area contributed by atoms with Crippen LogP contribution in [0, 0.1) is 5.92 Å². The Kier molecular flexibility index (Phi) is 3.41. The third-order valence-corrected chi connectivity index (χ3v) is 3.11. The summed E-state index contributed by atoms with van der Waals surface area (Å²) in [6.45, 7) is 0. The van der Waals surface area contributed by atoms with E-state index >= 15 is 0 Å². The van der Waals surface area contributed by atoms with Crippen LogP contribution in [0.1, 0.15) is 19.3 Å². The quantitative estimate of drug-likeness (QED) is 0.774. The summed E-state index contributed by atoms with van der Waals surface area (Å²) in [5.41, 5.74) is 6.53. The van der Waals surface area contributed by atoms with Gasteiger partial charge in [-0.2, -0.15) is 0 Å². The van der Waals surface area contributed by atoms with Crippen LogP contribution in [-0.4, -0.2) is 16.9 Å². The van der Waals surface area contributed by atoms with Crippen molar-refractivity contribution in [1.29, 1.82) is 0 Å². The van der Waals surface area contributed by atoms with Crippen molar-refractivity contribution < 1.29 is 4.79 Å². The van der Waals surface area contributed by atoms with Crippen LogP contribution < -0.4 is 11.1 Å². The van der Waals surface area contributed by atoms with Crippen LogP contribution in [0.2, 0.25) is 5.15 Å². The first-order chi connectivity index (χ1) is 7.66. The second-order valence-corrected chi connectivity index (χ2v) is 4.44. The molecule has 1 saturated carbocycles. The molecule has 1 fully saturated rings. The van der Waals surface area contributed by atoms with Crippen molar-refractivity contribution in [1.82, 2.24) is 4.98 Å². The number of pyridine rings is 1. The van der Waals surface area contributed by atoms with Crippen molar-refractivity contribution >= 4 is 23.2 Å². The third kappa shape index (κ3) is 2.51. The van der Waals surface area contributed by atoms with E-state index in [0.717, 1.165) is 19.3 Å². The van der Waals surface area contributed by atoms with Crippen molar-refractivity contribution in [3.05, 3.63) is 23.5 Å². The van der Waals surface area contributed by atoms with Gasteiger partial charge >= 0.3 is 0 Å². The van der Waals surface area contributed by atoms with E-state index in [4.69, 9.17) is 17.3 Å². The van der Waals surface area contributed by atoms with Gasteiger partial charge < -0.3 is 11.1 Å². The highest BCUT2D eigenvalue weighted by Gasteiger charge is 2.30. The molecule has 2 unspecified atom stereocenters. The van der Waals surface area contributed by atoms with Crippen molar-refractivity contribution in [2.45, 2.75) is 25.3 Å². The van der Waals surface area contributed by atoms with Crippen LogP contribution in [0.15, 0.2) is 18.3 Å². The summed E-state index contributed by atoms with van der Waals surface area (Å²) < 4.78 is 0. The number of hydrogen-bond donors (Lipinski definition) is 2. The Morgan fingerprint density at radius 2 is 2.38 bits per heavy atom. The Bertz CT molecular complexity index is 397. The summed E-state index contributed by atoms with van der Waals surface area (Å²) in [6.07, 6.45) is 4.38. The zero-order valence-corrected chi connectivity index (χ0v) is 9.57. The number of amides is 1. The first-order valence-electron chi connectivity index (χ1n) is 5.35. The predicted molar refractivity (Wildman–Crippen MR) is 63.2 cm³/mol. The maximum Gasteiger partial charge on any atom is 0.229 e. The van der Waals surface area contributed by atoms with Gasteiger partial charge in [0.15, 0.2) is 0 Å². The highest BCUT2D eigenvalue weighted by Crippen LogP contribution is 2.25. The summed E-state index contributed by atoms with van der Waals surface area (Å²) in [7, 11) is 0. The molecule has 1 aromatic rings. The molecular weight excluding hydrogens is 226 g/mol. The van der Waals surface area contributed by atoms with Gasteiger partial charge in [0.2, 0.25) is 5.91 Å².